The van der Waals surface area contributed by atoms with Crippen LogP contribution >= 0.6 is 15.9 Å². The first kappa shape index (κ1) is 14.0. The largest absolute Gasteiger partial charge is 0.464 e. The summed E-state index contributed by atoms with van der Waals surface area (Å²) >= 11 is 3.47. The van der Waals surface area contributed by atoms with Gasteiger partial charge in [-0.3, -0.25) is 0 Å². The van der Waals surface area contributed by atoms with Gasteiger partial charge in [-0.05, 0) is 38.0 Å². The average Bonchev–Trinajstić information content (AvgIpc) is 2.30. The molecule has 0 radical (unpaired) electrons. The number of nitrogens with one attached hydrogen (secondary N) is 1. The van der Waals surface area contributed by atoms with Gasteiger partial charge in [0.1, 0.15) is 6.04 Å². The van der Waals surface area contributed by atoms with Crippen molar-refractivity contribution < 1.29 is 9.53 Å². The molecule has 0 amide bonds. The van der Waals surface area contributed by atoms with Gasteiger partial charge in [-0.25, -0.2) is 4.79 Å². The Bertz CT molecular complexity index is 393. The lowest BCUT2D eigenvalue weighted by Gasteiger charge is -2.17. The van der Waals surface area contributed by atoms with Crippen LogP contribution in [0.5, 0.6) is 0 Å². The summed E-state index contributed by atoms with van der Waals surface area (Å²) in [5.74, 6) is -0.202. The molecule has 0 fully saturated rings. The molecule has 0 aliphatic heterocycles. The molecule has 0 bridgehead atoms. The summed E-state index contributed by atoms with van der Waals surface area (Å²) in [6, 6.07) is 5.65. The summed E-state index contributed by atoms with van der Waals surface area (Å²) in [7, 11) is 0. The van der Waals surface area contributed by atoms with Gasteiger partial charge in [0.15, 0.2) is 0 Å². The third kappa shape index (κ3) is 4.04. The lowest BCUT2D eigenvalue weighted by molar-refractivity contribution is -0.144. The summed E-state index contributed by atoms with van der Waals surface area (Å²) in [6.45, 7) is 6.20. The first-order valence-electron chi connectivity index (χ1n) is 5.77. The van der Waals surface area contributed by atoms with E-state index in [1.807, 2.05) is 39.0 Å². The Morgan fingerprint density at radius 3 is 2.71 bits per heavy atom. The molecule has 0 saturated carbocycles. The molecular formula is C13H18BrNO2. The zero-order valence-electron chi connectivity index (χ0n) is 10.4. The predicted octanol–water partition coefficient (Wildman–Crippen LogP) is 3.51. The van der Waals surface area contributed by atoms with E-state index in [0.717, 1.165) is 10.2 Å². The Balaban J connectivity index is 2.73. The summed E-state index contributed by atoms with van der Waals surface area (Å²) < 4.78 is 6.04. The maximum absolute atomic E-state index is 11.6. The smallest absolute Gasteiger partial charge is 0.328 e. The zero-order valence-corrected chi connectivity index (χ0v) is 12.0. The van der Waals surface area contributed by atoms with Gasteiger partial charge in [0.05, 0.1) is 6.61 Å². The van der Waals surface area contributed by atoms with Crippen LogP contribution in [0.3, 0.4) is 0 Å². The highest BCUT2D eigenvalue weighted by Gasteiger charge is 2.17. The second-order valence-electron chi connectivity index (χ2n) is 3.82. The molecule has 0 aliphatic rings. The van der Waals surface area contributed by atoms with E-state index in [9.17, 15) is 4.79 Å². The molecule has 0 saturated heterocycles. The van der Waals surface area contributed by atoms with E-state index >= 15 is 0 Å². The minimum Gasteiger partial charge on any atom is -0.464 e. The molecular weight excluding hydrogens is 282 g/mol. The van der Waals surface area contributed by atoms with Gasteiger partial charge in [-0.2, -0.15) is 0 Å². The van der Waals surface area contributed by atoms with E-state index in [1.165, 1.54) is 5.56 Å². The number of esters is 1. The van der Waals surface area contributed by atoms with Gasteiger partial charge in [-0.1, -0.05) is 28.9 Å². The number of benzene rings is 1. The van der Waals surface area contributed by atoms with Crippen molar-refractivity contribution in [2.24, 2.45) is 0 Å². The number of ether oxygens (including phenoxy) is 1. The highest BCUT2D eigenvalue weighted by Crippen LogP contribution is 2.21. The van der Waals surface area contributed by atoms with Crippen molar-refractivity contribution in [2.45, 2.75) is 33.2 Å². The van der Waals surface area contributed by atoms with Gasteiger partial charge in [0.2, 0.25) is 0 Å². The maximum Gasteiger partial charge on any atom is 0.328 e. The molecule has 1 atom stereocenters. The molecule has 1 aromatic rings. The first-order valence-corrected chi connectivity index (χ1v) is 6.57. The predicted molar refractivity (Wildman–Crippen MR) is 73.2 cm³/mol. The molecule has 94 valence electrons. The topological polar surface area (TPSA) is 38.3 Å². The molecule has 0 heterocycles. The van der Waals surface area contributed by atoms with Crippen LogP contribution in [0.15, 0.2) is 22.7 Å². The highest BCUT2D eigenvalue weighted by atomic mass is 79.9. The number of halogens is 1. The van der Waals surface area contributed by atoms with E-state index in [-0.39, 0.29) is 12.0 Å². The number of carbonyl (C=O) groups excluding carboxylic acids is 1. The molecule has 17 heavy (non-hydrogen) atoms. The summed E-state index contributed by atoms with van der Waals surface area (Å²) in [4.78, 5) is 11.6. The third-order valence-corrected chi connectivity index (χ3v) is 3.35. The van der Waals surface area contributed by atoms with Crippen molar-refractivity contribution >= 4 is 27.6 Å². The minimum atomic E-state index is -0.287. The molecule has 0 spiro atoms. The summed E-state index contributed by atoms with van der Waals surface area (Å²) in [5.41, 5.74) is 2.09. The lowest BCUT2D eigenvalue weighted by atomic mass is 10.2. The second kappa shape index (κ2) is 6.64. The SMILES string of the molecule is CCOC(=O)C(CC)Nc1ccc(C)c(Br)c1. The Labute approximate surface area is 111 Å². The van der Waals surface area contributed by atoms with Gasteiger partial charge in [0.25, 0.3) is 0 Å². The lowest BCUT2D eigenvalue weighted by Crippen LogP contribution is -2.30. The van der Waals surface area contributed by atoms with Crippen LogP contribution in [-0.2, 0) is 9.53 Å². The quantitative estimate of drug-likeness (QED) is 0.846. The number of carbonyl (C=O) groups is 1. The average molecular weight is 300 g/mol. The number of anilines is 1. The van der Waals surface area contributed by atoms with Crippen molar-refractivity contribution in [3.8, 4) is 0 Å². The Kier molecular flexibility index (Phi) is 5.48. The van der Waals surface area contributed by atoms with Crippen LogP contribution < -0.4 is 5.32 Å². The number of hydrogen-bond acceptors (Lipinski definition) is 3. The molecule has 1 aromatic carbocycles. The third-order valence-electron chi connectivity index (χ3n) is 2.49. The molecule has 0 aromatic heterocycles. The Morgan fingerprint density at radius 2 is 2.18 bits per heavy atom. The molecule has 1 N–H and O–H groups in total. The summed E-state index contributed by atoms with van der Waals surface area (Å²) in [6.07, 6.45) is 0.699. The van der Waals surface area contributed by atoms with Crippen molar-refractivity contribution in [3.05, 3.63) is 28.2 Å². The van der Waals surface area contributed by atoms with Crippen LogP contribution in [-0.4, -0.2) is 18.6 Å². The van der Waals surface area contributed by atoms with Crippen LogP contribution in [0.2, 0.25) is 0 Å². The van der Waals surface area contributed by atoms with Crippen LogP contribution in [0.25, 0.3) is 0 Å². The fraction of sp³-hybridized carbons (Fsp3) is 0.462. The van der Waals surface area contributed by atoms with Crippen molar-refractivity contribution in [1.82, 2.24) is 0 Å². The molecule has 0 aliphatic carbocycles. The van der Waals surface area contributed by atoms with E-state index < -0.39 is 0 Å². The molecule has 4 heteroatoms. The summed E-state index contributed by atoms with van der Waals surface area (Å²) in [5, 5.41) is 3.18. The second-order valence-corrected chi connectivity index (χ2v) is 4.68. The van der Waals surface area contributed by atoms with Gasteiger partial charge in [0, 0.05) is 10.2 Å². The fourth-order valence-corrected chi connectivity index (χ4v) is 1.83. The van der Waals surface area contributed by atoms with E-state index in [1.54, 1.807) is 0 Å². The first-order chi connectivity index (χ1) is 8.08. The number of hydrogen-bond donors (Lipinski definition) is 1. The molecule has 1 rings (SSSR count). The van der Waals surface area contributed by atoms with E-state index in [4.69, 9.17) is 4.74 Å². The molecule has 1 unspecified atom stereocenters. The van der Waals surface area contributed by atoms with Crippen molar-refractivity contribution in [3.63, 3.8) is 0 Å². The fourth-order valence-electron chi connectivity index (χ4n) is 1.45. The normalized spacial score (nSPS) is 12.0. The maximum atomic E-state index is 11.6. The van der Waals surface area contributed by atoms with Gasteiger partial charge < -0.3 is 10.1 Å². The Hall–Kier alpha value is -1.03. The van der Waals surface area contributed by atoms with E-state index in [0.29, 0.717) is 13.0 Å². The van der Waals surface area contributed by atoms with Crippen molar-refractivity contribution in [2.75, 3.05) is 11.9 Å². The van der Waals surface area contributed by atoms with Gasteiger partial charge in [-0.15, -0.1) is 0 Å². The number of rotatable bonds is 5. The van der Waals surface area contributed by atoms with Crippen LogP contribution in [0, 0.1) is 6.92 Å². The minimum absolute atomic E-state index is 0.202. The monoisotopic (exact) mass is 299 g/mol. The zero-order chi connectivity index (χ0) is 12.8. The van der Waals surface area contributed by atoms with Crippen LogP contribution in [0.1, 0.15) is 25.8 Å². The standard InChI is InChI=1S/C13H18BrNO2/c1-4-12(13(16)17-5-2)15-10-7-6-9(3)11(14)8-10/h6-8,12,15H,4-5H2,1-3H3. The van der Waals surface area contributed by atoms with E-state index in [2.05, 4.69) is 21.2 Å². The van der Waals surface area contributed by atoms with Gasteiger partial charge >= 0.3 is 5.97 Å². The molecule has 3 nitrogen and oxygen atoms in total. The van der Waals surface area contributed by atoms with Crippen molar-refractivity contribution in [1.29, 1.82) is 0 Å². The van der Waals surface area contributed by atoms with Crippen LogP contribution in [0.4, 0.5) is 5.69 Å². The highest BCUT2D eigenvalue weighted by molar-refractivity contribution is 9.10. The Morgan fingerprint density at radius 1 is 1.47 bits per heavy atom. The number of aryl methyl sites for hydroxylation is 1.